The standard InChI is InChI=1S/C15H20BrFO/c1-10-7-14(2,3)9-15(10,18)8-11-4-5-13(17)12(16)6-11/h4-6,10,18H,7-9H2,1-3H3. The minimum atomic E-state index is -0.666. The molecular formula is C15H20BrFO. The smallest absolute Gasteiger partial charge is 0.137 e. The van der Waals surface area contributed by atoms with Crippen LogP contribution in [-0.4, -0.2) is 10.7 Å². The van der Waals surface area contributed by atoms with Crippen LogP contribution in [0.5, 0.6) is 0 Å². The summed E-state index contributed by atoms with van der Waals surface area (Å²) >= 11 is 3.19. The lowest BCUT2D eigenvalue weighted by Crippen LogP contribution is -2.34. The van der Waals surface area contributed by atoms with Gasteiger partial charge in [-0.15, -0.1) is 0 Å². The molecule has 0 heterocycles. The lowest BCUT2D eigenvalue weighted by Gasteiger charge is -2.28. The van der Waals surface area contributed by atoms with E-state index in [9.17, 15) is 9.50 Å². The van der Waals surface area contributed by atoms with Gasteiger partial charge in [0.25, 0.3) is 0 Å². The second kappa shape index (κ2) is 4.61. The Morgan fingerprint density at radius 3 is 2.61 bits per heavy atom. The minimum absolute atomic E-state index is 0.186. The third-order valence-corrected chi connectivity index (χ3v) is 4.66. The van der Waals surface area contributed by atoms with Crippen LogP contribution in [0.2, 0.25) is 0 Å². The minimum Gasteiger partial charge on any atom is -0.389 e. The van der Waals surface area contributed by atoms with Crippen LogP contribution in [0.4, 0.5) is 4.39 Å². The summed E-state index contributed by atoms with van der Waals surface area (Å²) in [5.74, 6) is 0.0156. The average molecular weight is 315 g/mol. The van der Waals surface area contributed by atoms with Gasteiger partial charge in [0.05, 0.1) is 10.1 Å². The van der Waals surface area contributed by atoms with Gasteiger partial charge in [0.15, 0.2) is 0 Å². The lowest BCUT2D eigenvalue weighted by atomic mass is 9.84. The summed E-state index contributed by atoms with van der Waals surface area (Å²) in [5, 5.41) is 10.8. The van der Waals surface area contributed by atoms with Gasteiger partial charge >= 0.3 is 0 Å². The van der Waals surface area contributed by atoms with Crippen LogP contribution >= 0.6 is 15.9 Å². The summed E-state index contributed by atoms with van der Waals surface area (Å²) in [7, 11) is 0. The van der Waals surface area contributed by atoms with Gasteiger partial charge in [-0.1, -0.05) is 26.8 Å². The molecule has 1 aliphatic carbocycles. The Morgan fingerprint density at radius 2 is 2.11 bits per heavy atom. The van der Waals surface area contributed by atoms with Gasteiger partial charge in [0, 0.05) is 6.42 Å². The number of halogens is 2. The summed E-state index contributed by atoms with van der Waals surface area (Å²) in [5.41, 5.74) is 0.502. The van der Waals surface area contributed by atoms with E-state index >= 15 is 0 Å². The molecule has 100 valence electrons. The molecule has 2 unspecified atom stereocenters. The molecule has 0 spiro atoms. The Morgan fingerprint density at radius 1 is 1.44 bits per heavy atom. The molecule has 1 aromatic rings. The molecule has 0 bridgehead atoms. The van der Waals surface area contributed by atoms with Gasteiger partial charge in [0.2, 0.25) is 0 Å². The molecule has 1 N–H and O–H groups in total. The first kappa shape index (κ1) is 14.0. The van der Waals surface area contributed by atoms with E-state index in [0.717, 1.165) is 18.4 Å². The first-order valence-electron chi connectivity index (χ1n) is 6.38. The molecule has 1 fully saturated rings. The van der Waals surface area contributed by atoms with Crippen molar-refractivity contribution in [1.29, 1.82) is 0 Å². The second-order valence-electron chi connectivity index (χ2n) is 6.47. The Kier molecular flexibility index (Phi) is 3.58. The van der Waals surface area contributed by atoms with Crippen LogP contribution in [0.15, 0.2) is 22.7 Å². The van der Waals surface area contributed by atoms with Crippen LogP contribution in [0.1, 0.15) is 39.2 Å². The predicted molar refractivity (Wildman–Crippen MR) is 74.9 cm³/mol. The largest absolute Gasteiger partial charge is 0.389 e. The maximum atomic E-state index is 13.2. The molecule has 1 nitrogen and oxygen atoms in total. The first-order chi connectivity index (χ1) is 8.22. The Labute approximate surface area is 117 Å². The number of hydrogen-bond acceptors (Lipinski definition) is 1. The predicted octanol–water partition coefficient (Wildman–Crippen LogP) is 4.32. The fourth-order valence-corrected chi connectivity index (χ4v) is 3.76. The summed E-state index contributed by atoms with van der Waals surface area (Å²) < 4.78 is 13.7. The number of aliphatic hydroxyl groups is 1. The first-order valence-corrected chi connectivity index (χ1v) is 7.17. The molecule has 0 radical (unpaired) electrons. The van der Waals surface area contributed by atoms with Crippen molar-refractivity contribution >= 4 is 15.9 Å². The highest BCUT2D eigenvalue weighted by atomic mass is 79.9. The summed E-state index contributed by atoms with van der Waals surface area (Å²) in [6, 6.07) is 4.98. The molecule has 0 aromatic heterocycles. The topological polar surface area (TPSA) is 20.2 Å². The van der Waals surface area contributed by atoms with E-state index in [1.165, 1.54) is 6.07 Å². The van der Waals surface area contributed by atoms with Crippen LogP contribution in [0.25, 0.3) is 0 Å². The molecular weight excluding hydrogens is 295 g/mol. The zero-order valence-corrected chi connectivity index (χ0v) is 12.7. The molecule has 2 atom stereocenters. The second-order valence-corrected chi connectivity index (χ2v) is 7.33. The maximum absolute atomic E-state index is 13.2. The van der Waals surface area contributed by atoms with Crippen LogP contribution in [0.3, 0.4) is 0 Å². The monoisotopic (exact) mass is 314 g/mol. The summed E-state index contributed by atoms with van der Waals surface area (Å²) in [6.07, 6.45) is 2.43. The van der Waals surface area contributed by atoms with Crippen LogP contribution < -0.4 is 0 Å². The van der Waals surface area contributed by atoms with Gasteiger partial charge in [-0.2, -0.15) is 0 Å². The Hall–Kier alpha value is -0.410. The third kappa shape index (κ3) is 2.77. The van der Waals surface area contributed by atoms with E-state index in [0.29, 0.717) is 10.9 Å². The Balaban J connectivity index is 2.20. The highest BCUT2D eigenvalue weighted by Gasteiger charge is 2.47. The third-order valence-electron chi connectivity index (χ3n) is 4.06. The van der Waals surface area contributed by atoms with E-state index < -0.39 is 5.60 Å². The molecule has 1 aliphatic rings. The molecule has 3 heteroatoms. The normalized spacial score (nSPS) is 30.7. The van der Waals surface area contributed by atoms with E-state index in [1.807, 2.05) is 0 Å². The van der Waals surface area contributed by atoms with Crippen molar-refractivity contribution < 1.29 is 9.50 Å². The van der Waals surface area contributed by atoms with Crippen LogP contribution in [0, 0.1) is 17.2 Å². The molecule has 18 heavy (non-hydrogen) atoms. The van der Waals surface area contributed by atoms with Crippen molar-refractivity contribution in [3.8, 4) is 0 Å². The molecule has 0 saturated heterocycles. The van der Waals surface area contributed by atoms with Crippen molar-refractivity contribution in [1.82, 2.24) is 0 Å². The SMILES string of the molecule is CC1CC(C)(C)CC1(O)Cc1ccc(F)c(Br)c1. The van der Waals surface area contributed by atoms with Crippen LogP contribution in [-0.2, 0) is 6.42 Å². The van der Waals surface area contributed by atoms with Gasteiger partial charge < -0.3 is 5.11 Å². The van der Waals surface area contributed by atoms with Crippen molar-refractivity contribution in [2.45, 2.75) is 45.6 Å². The van der Waals surface area contributed by atoms with Crippen molar-refractivity contribution in [2.24, 2.45) is 11.3 Å². The molecule has 0 aliphatic heterocycles. The fourth-order valence-electron chi connectivity index (χ4n) is 3.33. The Bertz CT molecular complexity index is 458. The fraction of sp³-hybridized carbons (Fsp3) is 0.600. The molecule has 1 aromatic carbocycles. The quantitative estimate of drug-likeness (QED) is 0.862. The zero-order valence-electron chi connectivity index (χ0n) is 11.1. The van der Waals surface area contributed by atoms with E-state index in [2.05, 4.69) is 36.7 Å². The van der Waals surface area contributed by atoms with E-state index in [-0.39, 0.29) is 17.2 Å². The number of hydrogen-bond donors (Lipinski definition) is 1. The number of rotatable bonds is 2. The van der Waals surface area contributed by atoms with Crippen molar-refractivity contribution in [2.75, 3.05) is 0 Å². The van der Waals surface area contributed by atoms with E-state index in [1.54, 1.807) is 12.1 Å². The molecule has 0 amide bonds. The molecule has 2 rings (SSSR count). The highest BCUT2D eigenvalue weighted by molar-refractivity contribution is 9.10. The lowest BCUT2D eigenvalue weighted by molar-refractivity contribution is 0.00443. The van der Waals surface area contributed by atoms with Crippen molar-refractivity contribution in [3.05, 3.63) is 34.1 Å². The van der Waals surface area contributed by atoms with Gasteiger partial charge in [0.1, 0.15) is 5.82 Å². The van der Waals surface area contributed by atoms with Crippen molar-refractivity contribution in [3.63, 3.8) is 0 Å². The summed E-state index contributed by atoms with van der Waals surface area (Å²) in [4.78, 5) is 0. The van der Waals surface area contributed by atoms with Gasteiger partial charge in [-0.05, 0) is 57.8 Å². The number of benzene rings is 1. The summed E-state index contributed by atoms with van der Waals surface area (Å²) in [6.45, 7) is 6.50. The highest BCUT2D eigenvalue weighted by Crippen LogP contribution is 2.48. The van der Waals surface area contributed by atoms with Gasteiger partial charge in [-0.25, -0.2) is 4.39 Å². The van der Waals surface area contributed by atoms with Gasteiger partial charge in [-0.3, -0.25) is 0 Å². The zero-order chi connectivity index (χ0) is 13.6. The molecule has 1 saturated carbocycles. The van der Waals surface area contributed by atoms with E-state index in [4.69, 9.17) is 0 Å². The maximum Gasteiger partial charge on any atom is 0.137 e. The average Bonchev–Trinajstić information content (AvgIpc) is 2.41.